The van der Waals surface area contributed by atoms with Crippen molar-refractivity contribution in [3.05, 3.63) is 11.4 Å². The second-order valence-corrected chi connectivity index (χ2v) is 5.78. The molecule has 3 rings (SSSR count). The van der Waals surface area contributed by atoms with E-state index in [4.69, 9.17) is 10.7 Å². The third-order valence-corrected chi connectivity index (χ3v) is 4.69. The second kappa shape index (κ2) is 5.04. The smallest absolute Gasteiger partial charge is 0.245 e. The van der Waals surface area contributed by atoms with Gasteiger partial charge in [-0.2, -0.15) is 5.10 Å². The molecule has 5 nitrogen and oxygen atoms in total. The van der Waals surface area contributed by atoms with Crippen molar-refractivity contribution >= 4 is 5.95 Å². The number of nitrogens with zero attached hydrogens (tertiary/aromatic N) is 4. The van der Waals surface area contributed by atoms with Crippen LogP contribution in [0.2, 0.25) is 0 Å². The van der Waals surface area contributed by atoms with Crippen LogP contribution in [0.25, 0.3) is 0 Å². The first-order valence-electron chi connectivity index (χ1n) is 7.45. The Bertz CT molecular complexity index is 461. The summed E-state index contributed by atoms with van der Waals surface area (Å²) in [7, 11) is 0. The molecule has 3 atom stereocenters. The van der Waals surface area contributed by atoms with Gasteiger partial charge in [0.25, 0.3) is 0 Å². The van der Waals surface area contributed by atoms with Crippen molar-refractivity contribution in [2.45, 2.75) is 45.6 Å². The summed E-state index contributed by atoms with van der Waals surface area (Å²) >= 11 is 0. The van der Waals surface area contributed by atoms with Gasteiger partial charge in [-0.15, -0.1) is 5.10 Å². The van der Waals surface area contributed by atoms with Gasteiger partial charge in [-0.25, -0.2) is 4.98 Å². The first-order valence-corrected chi connectivity index (χ1v) is 7.45. The summed E-state index contributed by atoms with van der Waals surface area (Å²) in [4.78, 5) is 6.99. The number of aryl methyl sites for hydroxylation is 2. The van der Waals surface area contributed by atoms with Crippen LogP contribution >= 0.6 is 0 Å². The zero-order valence-corrected chi connectivity index (χ0v) is 11.8. The van der Waals surface area contributed by atoms with E-state index in [0.717, 1.165) is 49.2 Å². The molecule has 2 aliphatic rings. The summed E-state index contributed by atoms with van der Waals surface area (Å²) in [5.74, 6) is 2.16. The van der Waals surface area contributed by atoms with E-state index in [1.807, 2.05) is 0 Å². The van der Waals surface area contributed by atoms with E-state index >= 15 is 0 Å². The monoisotopic (exact) mass is 261 g/mol. The standard InChI is InChI=1S/C14H23N5/c1-3-12-13(4-2)17-18-14(16-12)19-7-9-5-6-11(15)10(9)8-19/h9-11H,3-8,15H2,1-2H3. The first kappa shape index (κ1) is 12.8. The highest BCUT2D eigenvalue weighted by atomic mass is 15.3. The fraction of sp³-hybridized carbons (Fsp3) is 0.786. The topological polar surface area (TPSA) is 67.9 Å². The summed E-state index contributed by atoms with van der Waals surface area (Å²) in [5, 5.41) is 8.66. The Labute approximate surface area is 114 Å². The number of aromatic nitrogens is 3. The fourth-order valence-electron chi connectivity index (χ4n) is 3.53. The van der Waals surface area contributed by atoms with Crippen LogP contribution in [0.15, 0.2) is 0 Å². The summed E-state index contributed by atoms with van der Waals surface area (Å²) in [6, 6.07) is 0.364. The third-order valence-electron chi connectivity index (χ3n) is 4.69. The molecule has 0 radical (unpaired) electrons. The summed E-state index contributed by atoms with van der Waals surface area (Å²) < 4.78 is 0. The van der Waals surface area contributed by atoms with E-state index < -0.39 is 0 Å². The molecule has 1 aromatic rings. The molecule has 0 amide bonds. The summed E-state index contributed by atoms with van der Waals surface area (Å²) in [6.45, 7) is 6.28. The molecule has 2 heterocycles. The van der Waals surface area contributed by atoms with Crippen molar-refractivity contribution in [3.8, 4) is 0 Å². The van der Waals surface area contributed by atoms with Crippen molar-refractivity contribution < 1.29 is 0 Å². The lowest BCUT2D eigenvalue weighted by Gasteiger charge is -2.19. The van der Waals surface area contributed by atoms with Crippen LogP contribution in [0.3, 0.4) is 0 Å². The number of anilines is 1. The quantitative estimate of drug-likeness (QED) is 0.884. The molecule has 0 spiro atoms. The Balaban J connectivity index is 1.80. The van der Waals surface area contributed by atoms with Crippen molar-refractivity contribution in [1.29, 1.82) is 0 Å². The van der Waals surface area contributed by atoms with Gasteiger partial charge in [0.05, 0.1) is 11.4 Å². The highest BCUT2D eigenvalue weighted by molar-refractivity contribution is 5.33. The van der Waals surface area contributed by atoms with Gasteiger partial charge in [0.1, 0.15) is 0 Å². The molecule has 1 aromatic heterocycles. The minimum absolute atomic E-state index is 0.364. The molecule has 104 valence electrons. The molecule has 1 aliphatic heterocycles. The van der Waals surface area contributed by atoms with Crippen LogP contribution in [0.4, 0.5) is 5.95 Å². The number of nitrogens with two attached hydrogens (primary N) is 1. The van der Waals surface area contributed by atoms with E-state index in [-0.39, 0.29) is 0 Å². The second-order valence-electron chi connectivity index (χ2n) is 5.78. The van der Waals surface area contributed by atoms with Crippen LogP contribution in [0.1, 0.15) is 38.1 Å². The lowest BCUT2D eigenvalue weighted by molar-refractivity contribution is 0.453. The minimum Gasteiger partial charge on any atom is -0.339 e. The van der Waals surface area contributed by atoms with Crippen molar-refractivity contribution in [2.75, 3.05) is 18.0 Å². The highest BCUT2D eigenvalue weighted by Gasteiger charge is 2.41. The lowest BCUT2D eigenvalue weighted by atomic mass is 9.98. The Morgan fingerprint density at radius 2 is 1.89 bits per heavy atom. The molecule has 2 fully saturated rings. The molecule has 5 heteroatoms. The largest absolute Gasteiger partial charge is 0.339 e. The Kier molecular flexibility index (Phi) is 3.39. The Morgan fingerprint density at radius 3 is 2.58 bits per heavy atom. The van der Waals surface area contributed by atoms with E-state index in [9.17, 15) is 0 Å². The van der Waals surface area contributed by atoms with E-state index in [1.165, 1.54) is 12.8 Å². The molecule has 1 aliphatic carbocycles. The Morgan fingerprint density at radius 1 is 1.11 bits per heavy atom. The third kappa shape index (κ3) is 2.20. The molecule has 0 bridgehead atoms. The lowest BCUT2D eigenvalue weighted by Crippen LogP contribution is -2.31. The van der Waals surface area contributed by atoms with Crippen molar-refractivity contribution in [3.63, 3.8) is 0 Å². The molecule has 3 unspecified atom stereocenters. The number of fused-ring (bicyclic) bond motifs is 1. The average Bonchev–Trinajstić information content (AvgIpc) is 3.00. The van der Waals surface area contributed by atoms with E-state index in [1.54, 1.807) is 0 Å². The summed E-state index contributed by atoms with van der Waals surface area (Å²) in [6.07, 6.45) is 4.26. The van der Waals surface area contributed by atoms with E-state index in [0.29, 0.717) is 12.0 Å². The maximum Gasteiger partial charge on any atom is 0.245 e. The predicted molar refractivity (Wildman–Crippen MR) is 75.0 cm³/mol. The Hall–Kier alpha value is -1.23. The summed E-state index contributed by atoms with van der Waals surface area (Å²) in [5.41, 5.74) is 8.30. The van der Waals surface area contributed by atoms with Crippen LogP contribution in [0, 0.1) is 11.8 Å². The van der Waals surface area contributed by atoms with Gasteiger partial charge in [0, 0.05) is 19.1 Å². The van der Waals surface area contributed by atoms with Gasteiger partial charge in [-0.1, -0.05) is 13.8 Å². The maximum absolute atomic E-state index is 6.18. The maximum atomic E-state index is 6.18. The number of hydrogen-bond donors (Lipinski definition) is 1. The van der Waals surface area contributed by atoms with Gasteiger partial charge < -0.3 is 10.6 Å². The molecular formula is C14H23N5. The van der Waals surface area contributed by atoms with Gasteiger partial charge >= 0.3 is 0 Å². The van der Waals surface area contributed by atoms with Crippen molar-refractivity contribution in [1.82, 2.24) is 15.2 Å². The van der Waals surface area contributed by atoms with Crippen LogP contribution in [0.5, 0.6) is 0 Å². The molecular weight excluding hydrogens is 238 g/mol. The molecule has 1 saturated heterocycles. The SMILES string of the molecule is CCc1nnc(N2CC3CCC(N)C3C2)nc1CC. The average molecular weight is 261 g/mol. The van der Waals surface area contributed by atoms with Crippen molar-refractivity contribution in [2.24, 2.45) is 17.6 Å². The molecule has 19 heavy (non-hydrogen) atoms. The van der Waals surface area contributed by atoms with E-state index in [2.05, 4.69) is 28.9 Å². The number of hydrogen-bond acceptors (Lipinski definition) is 5. The van der Waals surface area contributed by atoms with Gasteiger partial charge in [-0.3, -0.25) is 0 Å². The van der Waals surface area contributed by atoms with Crippen LogP contribution in [-0.2, 0) is 12.8 Å². The minimum atomic E-state index is 0.364. The molecule has 2 N–H and O–H groups in total. The molecule has 1 saturated carbocycles. The predicted octanol–water partition coefficient (Wildman–Crippen LogP) is 1.17. The van der Waals surface area contributed by atoms with Gasteiger partial charge in [0.2, 0.25) is 5.95 Å². The zero-order valence-electron chi connectivity index (χ0n) is 11.8. The highest BCUT2D eigenvalue weighted by Crippen LogP contribution is 2.38. The van der Waals surface area contributed by atoms with Crippen LogP contribution in [-0.4, -0.2) is 34.3 Å². The normalized spacial score (nSPS) is 29.8. The number of rotatable bonds is 3. The van der Waals surface area contributed by atoms with Gasteiger partial charge in [-0.05, 0) is 37.5 Å². The van der Waals surface area contributed by atoms with Crippen LogP contribution < -0.4 is 10.6 Å². The van der Waals surface area contributed by atoms with Gasteiger partial charge in [0.15, 0.2) is 0 Å². The first-order chi connectivity index (χ1) is 9.22. The fourth-order valence-corrected chi connectivity index (χ4v) is 3.53. The zero-order chi connectivity index (χ0) is 13.4. The molecule has 0 aromatic carbocycles.